The summed E-state index contributed by atoms with van der Waals surface area (Å²) in [6.45, 7) is 1.98. The molecular formula is C15H23NO3. The normalized spacial score (nSPS) is 12.3. The smallest absolute Gasteiger partial charge is 0.213 e. The van der Waals surface area contributed by atoms with Crippen molar-refractivity contribution in [3.63, 3.8) is 0 Å². The Hall–Kier alpha value is -1.58. The van der Waals surface area contributed by atoms with Gasteiger partial charge in [0, 0.05) is 17.8 Å². The minimum absolute atomic E-state index is 0.140. The number of benzene rings is 1. The Morgan fingerprint density at radius 2 is 2.05 bits per heavy atom. The van der Waals surface area contributed by atoms with Crippen LogP contribution in [0.15, 0.2) is 24.3 Å². The first-order valence-electron chi connectivity index (χ1n) is 7.05. The molecule has 0 aliphatic rings. The van der Waals surface area contributed by atoms with Gasteiger partial charge in [0.2, 0.25) is 6.04 Å². The standard InChI is InChI=1S/C15H23NO3/c1-2-7-14(16(18)19)10-5-3-4-8-13-9-6-11-15(17)12-13/h6,9,11-12,14,17H,2-5,7-8,10H2,1H3. The Bertz CT molecular complexity index is 393. The van der Waals surface area contributed by atoms with Gasteiger partial charge in [-0.25, -0.2) is 0 Å². The van der Waals surface area contributed by atoms with Gasteiger partial charge in [0.25, 0.3) is 0 Å². The van der Waals surface area contributed by atoms with E-state index < -0.39 is 0 Å². The van der Waals surface area contributed by atoms with Crippen LogP contribution in [0.1, 0.15) is 51.0 Å². The van der Waals surface area contributed by atoms with Gasteiger partial charge in [0.1, 0.15) is 5.75 Å². The molecule has 0 saturated carbocycles. The van der Waals surface area contributed by atoms with E-state index in [9.17, 15) is 15.2 Å². The number of hydrogen-bond donors (Lipinski definition) is 1. The molecule has 0 saturated heterocycles. The van der Waals surface area contributed by atoms with E-state index in [1.165, 1.54) is 0 Å². The molecule has 0 spiro atoms. The fourth-order valence-electron chi connectivity index (χ4n) is 2.29. The van der Waals surface area contributed by atoms with Crippen LogP contribution in [0.2, 0.25) is 0 Å². The van der Waals surface area contributed by atoms with Gasteiger partial charge >= 0.3 is 0 Å². The van der Waals surface area contributed by atoms with E-state index in [4.69, 9.17) is 0 Å². The van der Waals surface area contributed by atoms with Crippen molar-refractivity contribution in [2.24, 2.45) is 0 Å². The number of unbranched alkanes of at least 4 members (excludes halogenated alkanes) is 2. The van der Waals surface area contributed by atoms with Crippen LogP contribution in [0.25, 0.3) is 0 Å². The van der Waals surface area contributed by atoms with Crippen LogP contribution in [0.4, 0.5) is 0 Å². The minimum Gasteiger partial charge on any atom is -0.508 e. The number of nitrogens with zero attached hydrogens (tertiary/aromatic N) is 1. The second-order valence-corrected chi connectivity index (χ2v) is 5.00. The van der Waals surface area contributed by atoms with Gasteiger partial charge in [0.05, 0.1) is 0 Å². The number of hydrogen-bond acceptors (Lipinski definition) is 3. The first-order valence-corrected chi connectivity index (χ1v) is 7.05. The van der Waals surface area contributed by atoms with Crippen molar-refractivity contribution >= 4 is 0 Å². The third-order valence-electron chi connectivity index (χ3n) is 3.33. The maximum absolute atomic E-state index is 10.8. The van der Waals surface area contributed by atoms with Gasteiger partial charge in [-0.1, -0.05) is 25.5 Å². The van der Waals surface area contributed by atoms with E-state index in [1.54, 1.807) is 12.1 Å². The van der Waals surface area contributed by atoms with E-state index in [0.717, 1.165) is 37.7 Å². The largest absolute Gasteiger partial charge is 0.508 e. The monoisotopic (exact) mass is 265 g/mol. The van der Waals surface area contributed by atoms with Gasteiger partial charge in [-0.05, 0) is 43.4 Å². The number of aryl methyl sites for hydroxylation is 1. The van der Waals surface area contributed by atoms with Crippen molar-refractivity contribution in [3.05, 3.63) is 39.9 Å². The zero-order chi connectivity index (χ0) is 14.1. The highest BCUT2D eigenvalue weighted by molar-refractivity contribution is 5.27. The van der Waals surface area contributed by atoms with Crippen molar-refractivity contribution in [1.29, 1.82) is 0 Å². The Balaban J connectivity index is 2.18. The molecule has 19 heavy (non-hydrogen) atoms. The molecule has 0 aliphatic heterocycles. The fourth-order valence-corrected chi connectivity index (χ4v) is 2.29. The Morgan fingerprint density at radius 3 is 2.68 bits per heavy atom. The molecule has 0 bridgehead atoms. The molecule has 1 atom stereocenters. The zero-order valence-corrected chi connectivity index (χ0v) is 11.5. The molecule has 0 aromatic heterocycles. The molecule has 0 fully saturated rings. The van der Waals surface area contributed by atoms with E-state index in [1.807, 2.05) is 19.1 Å². The van der Waals surface area contributed by atoms with Crippen LogP contribution in [-0.4, -0.2) is 16.1 Å². The molecule has 1 N–H and O–H groups in total. The summed E-state index contributed by atoms with van der Waals surface area (Å²) < 4.78 is 0. The maximum atomic E-state index is 10.8. The summed E-state index contributed by atoms with van der Waals surface area (Å²) in [6.07, 6.45) is 6.08. The Kier molecular flexibility index (Phi) is 6.93. The van der Waals surface area contributed by atoms with Gasteiger partial charge in [-0.3, -0.25) is 10.1 Å². The highest BCUT2D eigenvalue weighted by Gasteiger charge is 2.17. The summed E-state index contributed by atoms with van der Waals surface area (Å²) in [7, 11) is 0. The van der Waals surface area contributed by atoms with Crippen molar-refractivity contribution in [2.45, 2.75) is 57.9 Å². The lowest BCUT2D eigenvalue weighted by Crippen LogP contribution is -2.18. The summed E-state index contributed by atoms with van der Waals surface area (Å²) in [5.74, 6) is 0.300. The Labute approximate surface area is 114 Å². The van der Waals surface area contributed by atoms with E-state index in [2.05, 4.69) is 0 Å². The fraction of sp³-hybridized carbons (Fsp3) is 0.600. The number of aromatic hydroxyl groups is 1. The third kappa shape index (κ3) is 6.22. The van der Waals surface area contributed by atoms with Gasteiger partial charge < -0.3 is 5.11 Å². The number of nitro groups is 1. The highest BCUT2D eigenvalue weighted by Crippen LogP contribution is 2.15. The summed E-state index contributed by atoms with van der Waals surface area (Å²) >= 11 is 0. The van der Waals surface area contributed by atoms with Gasteiger partial charge in [0.15, 0.2) is 0 Å². The summed E-state index contributed by atoms with van der Waals surface area (Å²) in [5.41, 5.74) is 1.12. The molecule has 0 heterocycles. The summed E-state index contributed by atoms with van der Waals surface area (Å²) in [6, 6.07) is 6.91. The van der Waals surface area contributed by atoms with Gasteiger partial charge in [-0.15, -0.1) is 0 Å². The molecule has 106 valence electrons. The molecule has 0 radical (unpaired) electrons. The lowest BCUT2D eigenvalue weighted by Gasteiger charge is -2.08. The molecule has 0 aliphatic carbocycles. The number of rotatable bonds is 9. The van der Waals surface area contributed by atoms with Crippen LogP contribution in [0.5, 0.6) is 5.75 Å². The SMILES string of the molecule is CCCC(CCCCCc1cccc(O)c1)[N+](=O)[O-]. The highest BCUT2D eigenvalue weighted by atomic mass is 16.6. The molecule has 1 unspecified atom stereocenters. The summed E-state index contributed by atoms with van der Waals surface area (Å²) in [5, 5.41) is 20.1. The first-order chi connectivity index (χ1) is 9.13. The van der Waals surface area contributed by atoms with Crippen LogP contribution in [-0.2, 0) is 6.42 Å². The molecule has 1 aromatic carbocycles. The van der Waals surface area contributed by atoms with Crippen LogP contribution < -0.4 is 0 Å². The molecule has 4 nitrogen and oxygen atoms in total. The molecule has 0 amide bonds. The van der Waals surface area contributed by atoms with Crippen molar-refractivity contribution in [1.82, 2.24) is 0 Å². The topological polar surface area (TPSA) is 63.4 Å². The Morgan fingerprint density at radius 1 is 1.26 bits per heavy atom. The van der Waals surface area contributed by atoms with E-state index >= 15 is 0 Å². The third-order valence-corrected chi connectivity index (χ3v) is 3.33. The van der Waals surface area contributed by atoms with Crippen LogP contribution >= 0.6 is 0 Å². The number of phenolic OH excluding ortho intramolecular Hbond substituents is 1. The molecular weight excluding hydrogens is 242 g/mol. The molecule has 4 heteroatoms. The average molecular weight is 265 g/mol. The molecule has 1 rings (SSSR count). The van der Waals surface area contributed by atoms with Crippen molar-refractivity contribution in [2.75, 3.05) is 0 Å². The van der Waals surface area contributed by atoms with Crippen molar-refractivity contribution < 1.29 is 10.0 Å². The molecule has 1 aromatic rings. The lowest BCUT2D eigenvalue weighted by molar-refractivity contribution is -0.524. The first kappa shape index (κ1) is 15.5. The van der Waals surface area contributed by atoms with E-state index in [0.29, 0.717) is 18.6 Å². The maximum Gasteiger partial charge on any atom is 0.213 e. The predicted octanol–water partition coefficient (Wildman–Crippen LogP) is 3.94. The lowest BCUT2D eigenvalue weighted by atomic mass is 10.0. The summed E-state index contributed by atoms with van der Waals surface area (Å²) in [4.78, 5) is 10.6. The van der Waals surface area contributed by atoms with E-state index in [-0.39, 0.29) is 11.0 Å². The second kappa shape index (κ2) is 8.51. The number of phenols is 1. The van der Waals surface area contributed by atoms with Crippen LogP contribution in [0.3, 0.4) is 0 Å². The van der Waals surface area contributed by atoms with Crippen LogP contribution in [0, 0.1) is 10.1 Å². The quantitative estimate of drug-likeness (QED) is 0.418. The minimum atomic E-state index is -0.370. The zero-order valence-electron chi connectivity index (χ0n) is 11.5. The average Bonchev–Trinajstić information content (AvgIpc) is 2.37. The second-order valence-electron chi connectivity index (χ2n) is 5.00. The predicted molar refractivity (Wildman–Crippen MR) is 76.0 cm³/mol. The van der Waals surface area contributed by atoms with Gasteiger partial charge in [-0.2, -0.15) is 0 Å². The van der Waals surface area contributed by atoms with Crippen molar-refractivity contribution in [3.8, 4) is 5.75 Å².